The van der Waals surface area contributed by atoms with E-state index >= 15 is 0 Å². The van der Waals surface area contributed by atoms with Crippen LogP contribution >= 0.6 is 27.3 Å². The molecule has 1 amide bonds. The maximum Gasteiger partial charge on any atom is 0.252 e. The van der Waals surface area contributed by atoms with Gasteiger partial charge in [-0.1, -0.05) is 41.1 Å². The van der Waals surface area contributed by atoms with Crippen molar-refractivity contribution in [3.05, 3.63) is 35.2 Å². The Balaban J connectivity index is 2.01. The van der Waals surface area contributed by atoms with Crippen molar-refractivity contribution in [2.45, 2.75) is 24.6 Å². The fourth-order valence-electron chi connectivity index (χ4n) is 1.80. The van der Waals surface area contributed by atoms with E-state index in [1.807, 2.05) is 29.6 Å². The van der Waals surface area contributed by atoms with Crippen LogP contribution in [0.15, 0.2) is 29.6 Å². The van der Waals surface area contributed by atoms with E-state index in [0.717, 1.165) is 28.5 Å². The van der Waals surface area contributed by atoms with Crippen molar-refractivity contribution in [3.63, 3.8) is 0 Å². The van der Waals surface area contributed by atoms with Crippen LogP contribution in [0.5, 0.6) is 0 Å². The Bertz CT molecular complexity index is 537. The molecule has 1 aromatic heterocycles. The summed E-state index contributed by atoms with van der Waals surface area (Å²) in [7, 11) is 0. The van der Waals surface area contributed by atoms with Gasteiger partial charge in [-0.15, -0.1) is 11.3 Å². The largest absolute Gasteiger partial charge is 0.352 e. The first-order chi connectivity index (χ1) is 8.72. The highest BCUT2D eigenvalue weighted by atomic mass is 79.9. The second-order valence-electron chi connectivity index (χ2n) is 4.20. The van der Waals surface area contributed by atoms with Gasteiger partial charge in [0.25, 0.3) is 5.91 Å². The molecule has 0 fully saturated rings. The topological polar surface area (TPSA) is 29.1 Å². The van der Waals surface area contributed by atoms with Crippen LogP contribution < -0.4 is 5.32 Å². The summed E-state index contributed by atoms with van der Waals surface area (Å²) in [6.45, 7) is 2.85. The summed E-state index contributed by atoms with van der Waals surface area (Å²) in [6, 6.07) is 8.01. The SMILES string of the molecule is CCC(Br)CCNC(=O)c1csc2ccccc12. The summed E-state index contributed by atoms with van der Waals surface area (Å²) in [4.78, 5) is 12.6. The number of fused-ring (bicyclic) bond motifs is 1. The molecule has 1 heterocycles. The zero-order chi connectivity index (χ0) is 13.0. The van der Waals surface area contributed by atoms with Gasteiger partial charge in [-0.3, -0.25) is 4.79 Å². The third kappa shape index (κ3) is 3.12. The number of carbonyl (C=O) groups excluding carboxylic acids is 1. The van der Waals surface area contributed by atoms with Gasteiger partial charge in [0, 0.05) is 26.8 Å². The van der Waals surface area contributed by atoms with Gasteiger partial charge in [0.1, 0.15) is 0 Å². The monoisotopic (exact) mass is 325 g/mol. The molecule has 0 aliphatic rings. The molecule has 0 bridgehead atoms. The number of hydrogen-bond acceptors (Lipinski definition) is 2. The summed E-state index contributed by atoms with van der Waals surface area (Å²) >= 11 is 5.18. The minimum atomic E-state index is 0.0308. The summed E-state index contributed by atoms with van der Waals surface area (Å²) in [6.07, 6.45) is 2.04. The van der Waals surface area contributed by atoms with Crippen molar-refractivity contribution in [3.8, 4) is 0 Å². The van der Waals surface area contributed by atoms with E-state index in [0.29, 0.717) is 11.4 Å². The number of hydrogen-bond donors (Lipinski definition) is 1. The van der Waals surface area contributed by atoms with Crippen LogP contribution in [0, 0.1) is 0 Å². The van der Waals surface area contributed by atoms with E-state index in [-0.39, 0.29) is 5.91 Å². The number of alkyl halides is 1. The molecule has 18 heavy (non-hydrogen) atoms. The van der Waals surface area contributed by atoms with E-state index in [1.165, 1.54) is 0 Å². The van der Waals surface area contributed by atoms with Gasteiger partial charge >= 0.3 is 0 Å². The molecule has 1 aromatic carbocycles. The number of amides is 1. The van der Waals surface area contributed by atoms with Crippen LogP contribution in [0.3, 0.4) is 0 Å². The fraction of sp³-hybridized carbons (Fsp3) is 0.357. The third-order valence-electron chi connectivity index (χ3n) is 2.91. The summed E-state index contributed by atoms with van der Waals surface area (Å²) < 4.78 is 1.16. The number of carbonyl (C=O) groups is 1. The van der Waals surface area contributed by atoms with E-state index in [9.17, 15) is 4.79 Å². The van der Waals surface area contributed by atoms with Gasteiger partial charge in [-0.25, -0.2) is 0 Å². The molecule has 0 aliphatic heterocycles. The Kier molecular flexibility index (Phi) is 4.78. The normalized spacial score (nSPS) is 12.6. The molecule has 1 atom stereocenters. The molecule has 2 aromatic rings. The fourth-order valence-corrected chi connectivity index (χ4v) is 2.97. The summed E-state index contributed by atoms with van der Waals surface area (Å²) in [5.41, 5.74) is 0.790. The smallest absolute Gasteiger partial charge is 0.252 e. The lowest BCUT2D eigenvalue weighted by Gasteiger charge is -2.07. The second-order valence-corrected chi connectivity index (χ2v) is 6.40. The van der Waals surface area contributed by atoms with Gasteiger partial charge in [0.2, 0.25) is 0 Å². The quantitative estimate of drug-likeness (QED) is 0.820. The maximum atomic E-state index is 12.1. The Morgan fingerprint density at radius 3 is 3.00 bits per heavy atom. The van der Waals surface area contributed by atoms with Crippen molar-refractivity contribution in [2.75, 3.05) is 6.54 Å². The molecule has 2 nitrogen and oxygen atoms in total. The number of halogens is 1. The first kappa shape index (κ1) is 13.6. The van der Waals surface area contributed by atoms with Gasteiger partial charge in [-0.05, 0) is 18.9 Å². The molecular formula is C14H16BrNOS. The molecule has 1 unspecified atom stereocenters. The average Bonchev–Trinajstić information content (AvgIpc) is 2.82. The van der Waals surface area contributed by atoms with E-state index in [4.69, 9.17) is 0 Å². The van der Waals surface area contributed by atoms with E-state index in [1.54, 1.807) is 11.3 Å². The minimum absolute atomic E-state index is 0.0308. The third-order valence-corrected chi connectivity index (χ3v) is 4.98. The molecule has 4 heteroatoms. The average molecular weight is 326 g/mol. The van der Waals surface area contributed by atoms with Gasteiger partial charge < -0.3 is 5.32 Å². The Morgan fingerprint density at radius 1 is 1.44 bits per heavy atom. The molecule has 0 aliphatic carbocycles. The van der Waals surface area contributed by atoms with Crippen molar-refractivity contribution >= 4 is 43.3 Å². The molecule has 0 saturated carbocycles. The Morgan fingerprint density at radius 2 is 2.22 bits per heavy atom. The number of rotatable bonds is 5. The lowest BCUT2D eigenvalue weighted by molar-refractivity contribution is 0.0955. The lowest BCUT2D eigenvalue weighted by Crippen LogP contribution is -2.25. The van der Waals surface area contributed by atoms with E-state index in [2.05, 4.69) is 28.2 Å². The Hall–Kier alpha value is -0.870. The number of thiophene rings is 1. The maximum absolute atomic E-state index is 12.1. The second kappa shape index (κ2) is 6.34. The van der Waals surface area contributed by atoms with Crippen molar-refractivity contribution in [1.82, 2.24) is 5.32 Å². The molecule has 0 saturated heterocycles. The molecule has 1 N–H and O–H groups in total. The first-order valence-electron chi connectivity index (χ1n) is 6.11. The molecule has 0 radical (unpaired) electrons. The van der Waals surface area contributed by atoms with Crippen LogP contribution in [-0.4, -0.2) is 17.3 Å². The minimum Gasteiger partial charge on any atom is -0.352 e. The van der Waals surface area contributed by atoms with Gasteiger partial charge in [0.05, 0.1) is 5.56 Å². The predicted octanol–water partition coefficient (Wildman–Crippen LogP) is 4.19. The Labute approximate surface area is 120 Å². The number of nitrogens with one attached hydrogen (secondary N) is 1. The van der Waals surface area contributed by atoms with Gasteiger partial charge in [0.15, 0.2) is 0 Å². The van der Waals surface area contributed by atoms with Crippen LogP contribution in [-0.2, 0) is 0 Å². The van der Waals surface area contributed by atoms with Crippen LogP contribution in [0.25, 0.3) is 10.1 Å². The predicted molar refractivity (Wildman–Crippen MR) is 81.8 cm³/mol. The molecule has 96 valence electrons. The highest BCUT2D eigenvalue weighted by Crippen LogP contribution is 2.25. The zero-order valence-corrected chi connectivity index (χ0v) is 12.7. The highest BCUT2D eigenvalue weighted by molar-refractivity contribution is 9.09. The molecular weight excluding hydrogens is 310 g/mol. The van der Waals surface area contributed by atoms with E-state index < -0.39 is 0 Å². The lowest BCUT2D eigenvalue weighted by atomic mass is 10.1. The van der Waals surface area contributed by atoms with Crippen molar-refractivity contribution in [1.29, 1.82) is 0 Å². The summed E-state index contributed by atoms with van der Waals surface area (Å²) in [5.74, 6) is 0.0308. The summed E-state index contributed by atoms with van der Waals surface area (Å²) in [5, 5.41) is 5.96. The van der Waals surface area contributed by atoms with Crippen molar-refractivity contribution < 1.29 is 4.79 Å². The van der Waals surface area contributed by atoms with Crippen molar-refractivity contribution in [2.24, 2.45) is 0 Å². The highest BCUT2D eigenvalue weighted by Gasteiger charge is 2.11. The van der Waals surface area contributed by atoms with Crippen LogP contribution in [0.1, 0.15) is 30.1 Å². The van der Waals surface area contributed by atoms with Crippen LogP contribution in [0.4, 0.5) is 0 Å². The zero-order valence-electron chi connectivity index (χ0n) is 10.3. The van der Waals surface area contributed by atoms with Crippen LogP contribution in [0.2, 0.25) is 0 Å². The van der Waals surface area contributed by atoms with Gasteiger partial charge in [-0.2, -0.15) is 0 Å². The number of benzene rings is 1. The molecule has 2 rings (SSSR count). The first-order valence-corrected chi connectivity index (χ1v) is 7.90. The standard InChI is InChI=1S/C14H16BrNOS/c1-2-10(15)7-8-16-14(17)12-9-18-13-6-4-3-5-11(12)13/h3-6,9-10H,2,7-8H2,1H3,(H,16,17). The molecule has 0 spiro atoms.